The fraction of sp³-hybridized carbons (Fsp3) is 0.0526. The number of aromatic nitrogens is 3. The summed E-state index contributed by atoms with van der Waals surface area (Å²) in [5.41, 5.74) is 19.1. The van der Waals surface area contributed by atoms with Crippen LogP contribution < -0.4 is 0 Å². The van der Waals surface area contributed by atoms with Gasteiger partial charge in [-0.2, -0.15) is 0 Å². The number of rotatable bonds is 7. The summed E-state index contributed by atoms with van der Waals surface area (Å²) in [5, 5.41) is 11.4. The molecule has 0 saturated heterocycles. The molecule has 0 atom stereocenters. The summed E-state index contributed by atoms with van der Waals surface area (Å²) < 4.78 is 2.21. The molecule has 0 radical (unpaired) electrons. The molecule has 290 valence electrons. The molecule has 0 saturated carbocycles. The number of phenols is 1. The average Bonchev–Trinajstić information content (AvgIpc) is 3.82. The lowest BCUT2D eigenvalue weighted by Crippen LogP contribution is -2.16. The van der Waals surface area contributed by atoms with Gasteiger partial charge in [0.1, 0.15) is 11.6 Å². The maximum Gasteiger partial charge on any atom is 0.149 e. The molecule has 4 nitrogen and oxygen atoms in total. The molecule has 4 heteroatoms. The number of hydrogen-bond acceptors (Lipinski definition) is 3. The maximum absolute atomic E-state index is 11.4. The van der Waals surface area contributed by atoms with E-state index in [9.17, 15) is 5.11 Å². The van der Waals surface area contributed by atoms with Gasteiger partial charge in [-0.1, -0.05) is 166 Å². The minimum Gasteiger partial charge on any atom is -0.507 e. The van der Waals surface area contributed by atoms with Crippen LogP contribution in [0.1, 0.15) is 25.0 Å². The van der Waals surface area contributed by atoms with Crippen LogP contribution in [0.15, 0.2) is 206 Å². The summed E-state index contributed by atoms with van der Waals surface area (Å²) in [6.07, 6.45) is 1.94. The highest BCUT2D eigenvalue weighted by atomic mass is 16.3. The van der Waals surface area contributed by atoms with Crippen LogP contribution in [0.5, 0.6) is 5.75 Å². The Morgan fingerprint density at radius 1 is 0.443 bits per heavy atom. The number of aromatic hydroxyl groups is 1. The Balaban J connectivity index is 1.14. The van der Waals surface area contributed by atoms with Crippen molar-refractivity contribution < 1.29 is 5.11 Å². The molecule has 0 unspecified atom stereocenters. The zero-order chi connectivity index (χ0) is 41.1. The van der Waals surface area contributed by atoms with Crippen molar-refractivity contribution in [2.24, 2.45) is 0 Å². The number of phenolic OH excluding ortho intramolecular Hbond substituents is 1. The minimum atomic E-state index is -0.262. The summed E-state index contributed by atoms with van der Waals surface area (Å²) in [4.78, 5) is 10.6. The zero-order valence-corrected chi connectivity index (χ0v) is 33.9. The number of nitrogens with zero attached hydrogens (tertiary/aromatic N) is 3. The molecular weight excluding hydrogens is 743 g/mol. The predicted octanol–water partition coefficient (Wildman–Crippen LogP) is 14.4. The third-order valence-electron chi connectivity index (χ3n) is 12.4. The molecule has 10 aromatic rings. The van der Waals surface area contributed by atoms with Gasteiger partial charge in [-0.3, -0.25) is 9.55 Å². The molecule has 1 aliphatic rings. The Bertz CT molecular complexity index is 3270. The highest BCUT2D eigenvalue weighted by molar-refractivity contribution is 6.00. The fourth-order valence-electron chi connectivity index (χ4n) is 9.48. The summed E-state index contributed by atoms with van der Waals surface area (Å²) in [7, 11) is 0. The van der Waals surface area contributed by atoms with E-state index in [-0.39, 0.29) is 11.2 Å². The zero-order valence-electron chi connectivity index (χ0n) is 33.9. The minimum absolute atomic E-state index is 0.178. The average molecular weight is 784 g/mol. The van der Waals surface area contributed by atoms with Crippen molar-refractivity contribution in [1.82, 2.24) is 14.5 Å². The van der Waals surface area contributed by atoms with Crippen LogP contribution in [0, 0.1) is 0 Å². The van der Waals surface area contributed by atoms with Gasteiger partial charge in [-0.15, -0.1) is 0 Å². The van der Waals surface area contributed by atoms with Gasteiger partial charge in [-0.05, 0) is 104 Å². The fourth-order valence-corrected chi connectivity index (χ4v) is 9.48. The van der Waals surface area contributed by atoms with E-state index in [1.807, 2.05) is 30.5 Å². The molecule has 0 amide bonds. The SMILES string of the molecule is CC1(C)c2ccccc2-c2cc(-c3cccc4c3nc(-c3ccccc3O)n4-c3ccccc3-c3ccccc3)cc(-c3cc(-c4ccc(-c5ccccc5)cc4)ccn3)c21. The lowest BCUT2D eigenvalue weighted by molar-refractivity contribution is 0.477. The molecule has 0 bridgehead atoms. The predicted molar refractivity (Wildman–Crippen MR) is 251 cm³/mol. The number of fused-ring (bicyclic) bond motifs is 4. The quantitative estimate of drug-likeness (QED) is 0.175. The van der Waals surface area contributed by atoms with Crippen LogP contribution in [0.4, 0.5) is 0 Å². The van der Waals surface area contributed by atoms with Crippen molar-refractivity contribution in [3.05, 3.63) is 218 Å². The van der Waals surface area contributed by atoms with E-state index in [1.54, 1.807) is 6.07 Å². The van der Waals surface area contributed by atoms with E-state index >= 15 is 0 Å². The van der Waals surface area contributed by atoms with Crippen LogP contribution in [0.25, 0.3) is 95.0 Å². The van der Waals surface area contributed by atoms with E-state index in [4.69, 9.17) is 9.97 Å². The summed E-state index contributed by atoms with van der Waals surface area (Å²) in [5.74, 6) is 0.849. The Labute approximate surface area is 355 Å². The Hall–Kier alpha value is -7.82. The first kappa shape index (κ1) is 36.3. The molecule has 11 rings (SSSR count). The molecule has 0 fully saturated rings. The van der Waals surface area contributed by atoms with Gasteiger partial charge in [0.05, 0.1) is 28.0 Å². The number of pyridine rings is 1. The second-order valence-electron chi connectivity index (χ2n) is 16.3. The van der Waals surface area contributed by atoms with Crippen molar-refractivity contribution in [1.29, 1.82) is 0 Å². The second-order valence-corrected chi connectivity index (χ2v) is 16.3. The first-order valence-electron chi connectivity index (χ1n) is 20.8. The highest BCUT2D eigenvalue weighted by Gasteiger charge is 2.38. The van der Waals surface area contributed by atoms with Gasteiger partial charge in [0.25, 0.3) is 0 Å². The van der Waals surface area contributed by atoms with Gasteiger partial charge in [0.2, 0.25) is 0 Å². The van der Waals surface area contributed by atoms with Crippen LogP contribution >= 0.6 is 0 Å². The van der Waals surface area contributed by atoms with Crippen LogP contribution in [0.3, 0.4) is 0 Å². The van der Waals surface area contributed by atoms with Crippen molar-refractivity contribution in [3.63, 3.8) is 0 Å². The Morgan fingerprint density at radius 3 is 1.79 bits per heavy atom. The van der Waals surface area contributed by atoms with Crippen LogP contribution in [-0.2, 0) is 5.41 Å². The van der Waals surface area contributed by atoms with E-state index in [1.165, 1.54) is 33.4 Å². The molecular formula is C57H41N3O. The third-order valence-corrected chi connectivity index (χ3v) is 12.4. The van der Waals surface area contributed by atoms with Gasteiger partial charge in [0.15, 0.2) is 0 Å². The summed E-state index contributed by atoms with van der Waals surface area (Å²) in [6, 6.07) is 69.9. The largest absolute Gasteiger partial charge is 0.507 e. The lowest BCUT2D eigenvalue weighted by Gasteiger charge is -2.25. The Morgan fingerprint density at radius 2 is 1.03 bits per heavy atom. The van der Waals surface area contributed by atoms with E-state index in [0.717, 1.165) is 61.4 Å². The van der Waals surface area contributed by atoms with Crippen molar-refractivity contribution >= 4 is 11.0 Å². The van der Waals surface area contributed by atoms with Crippen LogP contribution in [0.2, 0.25) is 0 Å². The number of hydrogen-bond donors (Lipinski definition) is 1. The van der Waals surface area contributed by atoms with Crippen LogP contribution in [-0.4, -0.2) is 19.6 Å². The number of imidazole rings is 1. The first-order chi connectivity index (χ1) is 29.9. The smallest absolute Gasteiger partial charge is 0.149 e. The highest BCUT2D eigenvalue weighted by Crippen LogP contribution is 2.54. The summed E-state index contributed by atoms with van der Waals surface area (Å²) >= 11 is 0. The normalized spacial score (nSPS) is 12.6. The van der Waals surface area contributed by atoms with Gasteiger partial charge in [0, 0.05) is 28.3 Å². The molecule has 1 aliphatic carbocycles. The maximum atomic E-state index is 11.4. The molecule has 2 heterocycles. The second kappa shape index (κ2) is 14.5. The lowest BCUT2D eigenvalue weighted by atomic mass is 9.78. The van der Waals surface area contributed by atoms with Crippen molar-refractivity contribution in [3.8, 4) is 89.7 Å². The van der Waals surface area contributed by atoms with E-state index in [0.29, 0.717) is 11.4 Å². The standard InChI is InChI=1S/C57H41N3O/c1-57(2)49-24-12-9-21-45(49)47-34-42(35-48(54(47)57)50-36-41(32-33-58-50)39-30-28-38(29-31-39)37-16-5-3-6-17-37)44-23-15-26-52-55(44)59-56(46-22-11-14-27-53(46)61)60(52)51-25-13-10-20-43(51)40-18-7-4-8-19-40/h3-36,61H,1-2H3. The molecule has 1 N–H and O–H groups in total. The van der Waals surface area contributed by atoms with Gasteiger partial charge in [-0.25, -0.2) is 4.98 Å². The van der Waals surface area contributed by atoms with Crippen molar-refractivity contribution in [2.75, 3.05) is 0 Å². The van der Waals surface area contributed by atoms with Gasteiger partial charge >= 0.3 is 0 Å². The Kier molecular flexibility index (Phi) is 8.61. The summed E-state index contributed by atoms with van der Waals surface area (Å²) in [6.45, 7) is 4.66. The number of benzene rings is 8. The van der Waals surface area contributed by atoms with Crippen molar-refractivity contribution in [2.45, 2.75) is 19.3 Å². The molecule has 2 aromatic heterocycles. The number of para-hydroxylation sites is 3. The third kappa shape index (κ3) is 6.07. The monoisotopic (exact) mass is 783 g/mol. The molecule has 8 aromatic carbocycles. The molecule has 61 heavy (non-hydrogen) atoms. The van der Waals surface area contributed by atoms with Gasteiger partial charge < -0.3 is 5.11 Å². The molecule has 0 aliphatic heterocycles. The first-order valence-corrected chi connectivity index (χ1v) is 20.8. The van der Waals surface area contributed by atoms with E-state index < -0.39 is 0 Å². The van der Waals surface area contributed by atoms with E-state index in [2.05, 4.69) is 188 Å². The molecule has 0 spiro atoms. The topological polar surface area (TPSA) is 50.9 Å².